The van der Waals surface area contributed by atoms with Gasteiger partial charge in [0.2, 0.25) is 0 Å². The van der Waals surface area contributed by atoms with Crippen LogP contribution in [0.2, 0.25) is 0 Å². The number of nitrogens with one attached hydrogen (secondary N) is 1. The summed E-state index contributed by atoms with van der Waals surface area (Å²) in [6.45, 7) is 4.30. The highest BCUT2D eigenvalue weighted by Crippen LogP contribution is 2.29. The second-order valence-corrected chi connectivity index (χ2v) is 5.32. The molecule has 3 rings (SSSR count). The van der Waals surface area contributed by atoms with Crippen LogP contribution in [0.4, 0.5) is 5.69 Å². The zero-order valence-electron chi connectivity index (χ0n) is 12.1. The van der Waals surface area contributed by atoms with Gasteiger partial charge in [0, 0.05) is 0 Å². The number of amides is 1. The van der Waals surface area contributed by atoms with Crippen LogP contribution in [0.3, 0.4) is 0 Å². The second kappa shape index (κ2) is 5.44. The monoisotopic (exact) mass is 279 g/mol. The molecule has 1 heterocycles. The molecule has 0 bridgehead atoms. The summed E-state index contributed by atoms with van der Waals surface area (Å²) in [5, 5.41) is 2.91. The summed E-state index contributed by atoms with van der Waals surface area (Å²) in [5.74, 6) is 0.598. The number of carbonyl (C=O) groups is 1. The van der Waals surface area contributed by atoms with E-state index in [-0.39, 0.29) is 12.5 Å². The van der Waals surface area contributed by atoms with Crippen molar-refractivity contribution in [3.05, 3.63) is 64.7 Å². The number of benzene rings is 2. The molecule has 0 saturated heterocycles. The molecule has 0 atom stereocenters. The van der Waals surface area contributed by atoms with Crippen LogP contribution in [-0.4, -0.2) is 12.5 Å². The predicted molar refractivity (Wildman–Crippen MR) is 84.5 cm³/mol. The van der Waals surface area contributed by atoms with E-state index in [1.807, 2.05) is 62.4 Å². The Balaban J connectivity index is 1.90. The Morgan fingerprint density at radius 1 is 1.05 bits per heavy atom. The minimum Gasteiger partial charge on any atom is -0.487 e. The molecular formula is C18H17NO2. The van der Waals surface area contributed by atoms with Gasteiger partial charge < -0.3 is 10.1 Å². The standard InChI is InChI=1S/C18H17NO2/c1-12-3-6-14(7-4-12)10-15-11-21-17-8-5-13(2)9-16(17)19-18(15)20/h3-10H,11H2,1-2H3,(H,19,20)/b15-10+. The van der Waals surface area contributed by atoms with Crippen LogP contribution < -0.4 is 10.1 Å². The molecule has 1 N–H and O–H groups in total. The quantitative estimate of drug-likeness (QED) is 0.808. The second-order valence-electron chi connectivity index (χ2n) is 5.32. The maximum atomic E-state index is 12.3. The lowest BCUT2D eigenvalue weighted by Gasteiger charge is -2.06. The zero-order valence-corrected chi connectivity index (χ0v) is 12.1. The first kappa shape index (κ1) is 13.4. The molecule has 0 radical (unpaired) electrons. The molecule has 106 valence electrons. The van der Waals surface area contributed by atoms with Gasteiger partial charge in [-0.05, 0) is 43.2 Å². The van der Waals surface area contributed by atoms with Gasteiger partial charge in [-0.2, -0.15) is 0 Å². The number of ether oxygens (including phenoxy) is 1. The van der Waals surface area contributed by atoms with Crippen molar-refractivity contribution in [1.82, 2.24) is 0 Å². The van der Waals surface area contributed by atoms with Crippen LogP contribution in [0.5, 0.6) is 5.75 Å². The van der Waals surface area contributed by atoms with E-state index < -0.39 is 0 Å². The Morgan fingerprint density at radius 2 is 1.76 bits per heavy atom. The number of aryl methyl sites for hydroxylation is 2. The van der Waals surface area contributed by atoms with Crippen LogP contribution in [0, 0.1) is 13.8 Å². The highest BCUT2D eigenvalue weighted by molar-refractivity contribution is 6.08. The van der Waals surface area contributed by atoms with Crippen LogP contribution >= 0.6 is 0 Å². The minimum atomic E-state index is -0.111. The summed E-state index contributed by atoms with van der Waals surface area (Å²) in [6.07, 6.45) is 1.87. The fourth-order valence-corrected chi connectivity index (χ4v) is 2.26. The molecule has 1 aliphatic rings. The van der Waals surface area contributed by atoms with Crippen molar-refractivity contribution in [2.75, 3.05) is 11.9 Å². The van der Waals surface area contributed by atoms with Crippen molar-refractivity contribution in [3.8, 4) is 5.75 Å². The first-order valence-electron chi connectivity index (χ1n) is 6.94. The largest absolute Gasteiger partial charge is 0.487 e. The minimum absolute atomic E-state index is 0.111. The summed E-state index contributed by atoms with van der Waals surface area (Å²) in [4.78, 5) is 12.3. The third kappa shape index (κ3) is 2.97. The Bertz CT molecular complexity index is 714. The van der Waals surface area contributed by atoms with Crippen molar-refractivity contribution in [2.24, 2.45) is 0 Å². The van der Waals surface area contributed by atoms with Gasteiger partial charge in [-0.3, -0.25) is 4.79 Å². The van der Waals surface area contributed by atoms with E-state index in [4.69, 9.17) is 4.74 Å². The van der Waals surface area contributed by atoms with Gasteiger partial charge in [0.05, 0.1) is 11.3 Å². The van der Waals surface area contributed by atoms with E-state index in [0.717, 1.165) is 16.8 Å². The lowest BCUT2D eigenvalue weighted by Crippen LogP contribution is -2.15. The third-order valence-corrected chi connectivity index (χ3v) is 3.48. The topological polar surface area (TPSA) is 38.3 Å². The maximum absolute atomic E-state index is 12.3. The first-order chi connectivity index (χ1) is 10.1. The molecule has 3 nitrogen and oxygen atoms in total. The lowest BCUT2D eigenvalue weighted by atomic mass is 10.1. The number of hydrogen-bond acceptors (Lipinski definition) is 2. The van der Waals surface area contributed by atoms with E-state index in [9.17, 15) is 4.79 Å². The van der Waals surface area contributed by atoms with Crippen molar-refractivity contribution in [1.29, 1.82) is 0 Å². The first-order valence-corrected chi connectivity index (χ1v) is 6.94. The van der Waals surface area contributed by atoms with Crippen LogP contribution in [-0.2, 0) is 4.79 Å². The summed E-state index contributed by atoms with van der Waals surface area (Å²) in [7, 11) is 0. The van der Waals surface area contributed by atoms with Crippen molar-refractivity contribution in [2.45, 2.75) is 13.8 Å². The fraction of sp³-hybridized carbons (Fsp3) is 0.167. The van der Waals surface area contributed by atoms with Gasteiger partial charge in [-0.1, -0.05) is 35.9 Å². The summed E-state index contributed by atoms with van der Waals surface area (Å²) in [6, 6.07) is 13.8. The SMILES string of the molecule is Cc1ccc(/C=C2\COc3ccc(C)cc3NC2=O)cc1. The lowest BCUT2D eigenvalue weighted by molar-refractivity contribution is -0.112. The predicted octanol–water partition coefficient (Wildman–Crippen LogP) is 3.72. The van der Waals surface area contributed by atoms with Crippen molar-refractivity contribution < 1.29 is 9.53 Å². The van der Waals surface area contributed by atoms with E-state index in [1.165, 1.54) is 5.56 Å². The number of fused-ring (bicyclic) bond motifs is 1. The van der Waals surface area contributed by atoms with Gasteiger partial charge in [0.25, 0.3) is 5.91 Å². The third-order valence-electron chi connectivity index (χ3n) is 3.48. The maximum Gasteiger partial charge on any atom is 0.255 e. The molecule has 21 heavy (non-hydrogen) atoms. The van der Waals surface area contributed by atoms with E-state index in [2.05, 4.69) is 5.32 Å². The molecular weight excluding hydrogens is 262 g/mol. The van der Waals surface area contributed by atoms with E-state index in [0.29, 0.717) is 11.3 Å². The van der Waals surface area contributed by atoms with E-state index >= 15 is 0 Å². The van der Waals surface area contributed by atoms with Crippen LogP contribution in [0.25, 0.3) is 6.08 Å². The molecule has 0 unspecified atom stereocenters. The molecule has 0 aromatic heterocycles. The highest BCUT2D eigenvalue weighted by Gasteiger charge is 2.18. The average molecular weight is 279 g/mol. The smallest absolute Gasteiger partial charge is 0.255 e. The number of anilines is 1. The molecule has 0 spiro atoms. The van der Waals surface area contributed by atoms with Gasteiger partial charge in [0.1, 0.15) is 12.4 Å². The molecule has 2 aromatic rings. The number of hydrogen-bond donors (Lipinski definition) is 1. The molecule has 3 heteroatoms. The van der Waals surface area contributed by atoms with Gasteiger partial charge in [0.15, 0.2) is 0 Å². The molecule has 0 saturated carbocycles. The van der Waals surface area contributed by atoms with Gasteiger partial charge in [-0.15, -0.1) is 0 Å². The molecule has 2 aromatic carbocycles. The molecule has 0 aliphatic carbocycles. The van der Waals surface area contributed by atoms with Crippen molar-refractivity contribution >= 4 is 17.7 Å². The highest BCUT2D eigenvalue weighted by atomic mass is 16.5. The molecule has 1 amide bonds. The Morgan fingerprint density at radius 3 is 2.52 bits per heavy atom. The summed E-state index contributed by atoms with van der Waals surface area (Å²) >= 11 is 0. The fourth-order valence-electron chi connectivity index (χ4n) is 2.26. The Kier molecular flexibility index (Phi) is 3.48. The van der Waals surface area contributed by atoms with Gasteiger partial charge in [-0.25, -0.2) is 0 Å². The average Bonchev–Trinajstić information content (AvgIpc) is 2.61. The van der Waals surface area contributed by atoms with Crippen molar-refractivity contribution in [3.63, 3.8) is 0 Å². The number of carbonyl (C=O) groups excluding carboxylic acids is 1. The van der Waals surface area contributed by atoms with Crippen LogP contribution in [0.15, 0.2) is 48.0 Å². The normalized spacial score (nSPS) is 15.9. The molecule has 0 fully saturated rings. The number of rotatable bonds is 1. The van der Waals surface area contributed by atoms with Crippen LogP contribution in [0.1, 0.15) is 16.7 Å². The zero-order chi connectivity index (χ0) is 14.8. The Hall–Kier alpha value is -2.55. The summed E-state index contributed by atoms with van der Waals surface area (Å²) in [5.41, 5.74) is 4.63. The molecule has 1 aliphatic heterocycles. The Labute approximate surface area is 124 Å². The van der Waals surface area contributed by atoms with E-state index in [1.54, 1.807) is 0 Å². The van der Waals surface area contributed by atoms with Gasteiger partial charge >= 0.3 is 0 Å². The summed E-state index contributed by atoms with van der Waals surface area (Å²) < 4.78 is 5.73.